The lowest BCUT2D eigenvalue weighted by Gasteiger charge is -2.18. The number of unbranched alkanes of at least 4 members (excludes halogenated alkanes) is 8. The van der Waals surface area contributed by atoms with E-state index in [4.69, 9.17) is 10.2 Å². The van der Waals surface area contributed by atoms with Gasteiger partial charge in [0.1, 0.15) is 6.10 Å². The molecule has 0 aliphatic carbocycles. The van der Waals surface area contributed by atoms with Crippen molar-refractivity contribution in [3.8, 4) is 11.8 Å². The van der Waals surface area contributed by atoms with E-state index in [1.165, 1.54) is 62.7 Å². The topological polar surface area (TPSA) is 127 Å². The first-order valence-corrected chi connectivity index (χ1v) is 11.9. The number of likely N-dealkylation sites (N-methyl/N-ethyl adjacent to an activating group) is 1. The first kappa shape index (κ1) is 29.8. The molecule has 1 heterocycles. The summed E-state index contributed by atoms with van der Waals surface area (Å²) in [6.07, 6.45) is 11.9. The van der Waals surface area contributed by atoms with Crippen LogP contribution in [0.15, 0.2) is 24.3 Å². The van der Waals surface area contributed by atoms with Gasteiger partial charge in [-0.25, -0.2) is 9.59 Å². The number of carbonyl (C=O) groups is 2. The molecule has 0 saturated carbocycles. The third-order valence-electron chi connectivity index (χ3n) is 4.60. The van der Waals surface area contributed by atoms with Gasteiger partial charge in [0.05, 0.1) is 17.5 Å². The molecule has 0 saturated heterocycles. The maximum atomic E-state index is 10.2. The number of aliphatic carboxylic acids is 2. The van der Waals surface area contributed by atoms with Gasteiger partial charge in [0.25, 0.3) is 0 Å². The van der Waals surface area contributed by atoms with Crippen molar-refractivity contribution in [1.29, 1.82) is 0 Å². The molecule has 32 heavy (non-hydrogen) atoms. The molecule has 8 heteroatoms. The number of hydrogen-bond donors (Lipinski definition) is 5. The van der Waals surface area contributed by atoms with Gasteiger partial charge in [-0.15, -0.1) is 11.3 Å². The Balaban J connectivity index is 0.00000102. The van der Waals surface area contributed by atoms with Crippen LogP contribution in [0.4, 0.5) is 0 Å². The van der Waals surface area contributed by atoms with Crippen LogP contribution in [-0.2, 0) is 9.59 Å². The molecular weight excluding hydrogens is 430 g/mol. The highest BCUT2D eigenvalue weighted by Crippen LogP contribution is 2.25. The summed E-state index contributed by atoms with van der Waals surface area (Å²) in [5, 5.41) is 37.9. The SMILES string of the molecule is CCCCCCCCCCC#Cc1ccc(C(O)C(CO)NC)s1.O=C(O)/C=C\C(=O)O. The van der Waals surface area contributed by atoms with Crippen molar-refractivity contribution in [2.45, 2.75) is 76.9 Å². The van der Waals surface area contributed by atoms with Gasteiger partial charge in [-0.1, -0.05) is 63.7 Å². The van der Waals surface area contributed by atoms with Crippen LogP contribution >= 0.6 is 11.3 Å². The van der Waals surface area contributed by atoms with Crippen LogP contribution in [0.1, 0.15) is 80.6 Å². The number of aliphatic hydroxyl groups excluding tert-OH is 2. The largest absolute Gasteiger partial charge is 0.478 e. The molecule has 2 unspecified atom stereocenters. The average molecular weight is 468 g/mol. The van der Waals surface area contributed by atoms with Crippen molar-refractivity contribution >= 4 is 23.3 Å². The third-order valence-corrected chi connectivity index (χ3v) is 5.67. The lowest BCUT2D eigenvalue weighted by molar-refractivity contribution is -0.134. The number of carboxylic acids is 2. The Kier molecular flexibility index (Phi) is 18.2. The minimum absolute atomic E-state index is 0.0883. The zero-order valence-electron chi connectivity index (χ0n) is 19.0. The lowest BCUT2D eigenvalue weighted by atomic mass is 10.1. The fraction of sp³-hybridized carbons (Fsp3) is 0.583. The lowest BCUT2D eigenvalue weighted by Crippen LogP contribution is -2.34. The Morgan fingerprint density at radius 3 is 2.09 bits per heavy atom. The van der Waals surface area contributed by atoms with E-state index >= 15 is 0 Å². The number of thiophene rings is 1. The predicted molar refractivity (Wildman–Crippen MR) is 128 cm³/mol. The summed E-state index contributed by atoms with van der Waals surface area (Å²) < 4.78 is 0. The highest BCUT2D eigenvalue weighted by molar-refractivity contribution is 7.12. The van der Waals surface area contributed by atoms with Crippen LogP contribution in [0.2, 0.25) is 0 Å². The summed E-state index contributed by atoms with van der Waals surface area (Å²) in [5.41, 5.74) is 0. The predicted octanol–water partition coefficient (Wildman–Crippen LogP) is 3.96. The van der Waals surface area contributed by atoms with Gasteiger partial charge in [0, 0.05) is 23.5 Å². The zero-order valence-corrected chi connectivity index (χ0v) is 19.9. The molecule has 0 fully saturated rings. The molecule has 0 amide bonds. The van der Waals surface area contributed by atoms with Gasteiger partial charge in [-0.05, 0) is 25.6 Å². The Morgan fingerprint density at radius 1 is 1.03 bits per heavy atom. The molecule has 0 aromatic carbocycles. The molecule has 1 rings (SSSR count). The second-order valence-corrected chi connectivity index (χ2v) is 8.38. The molecule has 7 nitrogen and oxygen atoms in total. The third kappa shape index (κ3) is 15.6. The number of rotatable bonds is 14. The van der Waals surface area contributed by atoms with Gasteiger partial charge in [0.15, 0.2) is 0 Å². The van der Waals surface area contributed by atoms with Crippen LogP contribution in [0, 0.1) is 11.8 Å². The van der Waals surface area contributed by atoms with Crippen molar-refractivity contribution in [1.82, 2.24) is 5.32 Å². The molecule has 0 bridgehead atoms. The highest BCUT2D eigenvalue weighted by atomic mass is 32.1. The van der Waals surface area contributed by atoms with E-state index < -0.39 is 18.0 Å². The van der Waals surface area contributed by atoms with Gasteiger partial charge in [0.2, 0.25) is 0 Å². The first-order valence-electron chi connectivity index (χ1n) is 11.0. The zero-order chi connectivity index (χ0) is 24.2. The van der Waals surface area contributed by atoms with Crippen molar-refractivity contribution < 1.29 is 30.0 Å². The number of aliphatic hydroxyl groups is 2. The van der Waals surface area contributed by atoms with E-state index in [9.17, 15) is 19.8 Å². The van der Waals surface area contributed by atoms with Crippen LogP contribution in [0.25, 0.3) is 0 Å². The summed E-state index contributed by atoms with van der Waals surface area (Å²) in [7, 11) is 1.74. The van der Waals surface area contributed by atoms with Crippen molar-refractivity contribution in [3.63, 3.8) is 0 Å². The molecular formula is C24H37NO6S. The van der Waals surface area contributed by atoms with E-state index in [0.717, 1.165) is 16.2 Å². The average Bonchev–Trinajstić information content (AvgIpc) is 3.24. The molecule has 1 aromatic rings. The maximum Gasteiger partial charge on any atom is 0.328 e. The molecule has 0 spiro atoms. The van der Waals surface area contributed by atoms with E-state index in [2.05, 4.69) is 24.1 Å². The highest BCUT2D eigenvalue weighted by Gasteiger charge is 2.19. The Morgan fingerprint density at radius 2 is 1.59 bits per heavy atom. The standard InChI is InChI=1S/C20H33NO2S.C4H4O4/c1-3-4-5-6-7-8-9-10-11-12-13-17-14-15-19(24-17)20(23)18(16-22)21-2;5-3(6)1-2-4(7)8/h14-15,18,20-23H,3-11,16H2,1-2H3;1-2H,(H,5,6)(H,7,8)/b;2-1-. The molecule has 0 aliphatic rings. The summed E-state index contributed by atoms with van der Waals surface area (Å²) in [6.45, 7) is 2.16. The summed E-state index contributed by atoms with van der Waals surface area (Å²) >= 11 is 1.50. The Hall–Kier alpha value is -2.18. The molecule has 180 valence electrons. The second-order valence-electron chi connectivity index (χ2n) is 7.26. The normalized spacial score (nSPS) is 12.4. The maximum absolute atomic E-state index is 10.2. The molecule has 0 aliphatic heterocycles. The monoisotopic (exact) mass is 467 g/mol. The quantitative estimate of drug-likeness (QED) is 0.159. The van der Waals surface area contributed by atoms with E-state index in [0.29, 0.717) is 12.2 Å². The second kappa shape index (κ2) is 19.5. The van der Waals surface area contributed by atoms with Crippen LogP contribution in [-0.4, -0.2) is 52.1 Å². The van der Waals surface area contributed by atoms with Crippen LogP contribution in [0.3, 0.4) is 0 Å². The van der Waals surface area contributed by atoms with E-state index in [1.54, 1.807) is 7.05 Å². The number of hydrogen-bond acceptors (Lipinski definition) is 6. The summed E-state index contributed by atoms with van der Waals surface area (Å²) in [5.74, 6) is 3.91. The van der Waals surface area contributed by atoms with Crippen molar-refractivity contribution in [2.24, 2.45) is 0 Å². The van der Waals surface area contributed by atoms with E-state index in [1.807, 2.05) is 12.1 Å². The van der Waals surface area contributed by atoms with Crippen LogP contribution < -0.4 is 5.32 Å². The van der Waals surface area contributed by atoms with Gasteiger partial charge in [-0.2, -0.15) is 0 Å². The Labute approximate surface area is 195 Å². The molecule has 0 radical (unpaired) electrons. The fourth-order valence-corrected chi connectivity index (χ4v) is 3.70. The van der Waals surface area contributed by atoms with Gasteiger partial charge < -0.3 is 25.7 Å². The van der Waals surface area contributed by atoms with Gasteiger partial charge >= 0.3 is 11.9 Å². The minimum Gasteiger partial charge on any atom is -0.478 e. The molecule has 5 N–H and O–H groups in total. The van der Waals surface area contributed by atoms with Crippen LogP contribution in [0.5, 0.6) is 0 Å². The summed E-state index contributed by atoms with van der Waals surface area (Å²) in [4.78, 5) is 20.9. The first-order chi connectivity index (χ1) is 15.3. The number of nitrogens with one attached hydrogen (secondary N) is 1. The molecule has 1 aromatic heterocycles. The fourth-order valence-electron chi connectivity index (χ4n) is 2.77. The minimum atomic E-state index is -1.26. The van der Waals surface area contributed by atoms with Crippen molar-refractivity contribution in [2.75, 3.05) is 13.7 Å². The molecule has 2 atom stereocenters. The smallest absolute Gasteiger partial charge is 0.328 e. The van der Waals surface area contributed by atoms with Gasteiger partial charge in [-0.3, -0.25) is 0 Å². The van der Waals surface area contributed by atoms with Crippen molar-refractivity contribution in [3.05, 3.63) is 34.0 Å². The number of carboxylic acid groups (broad SMARTS) is 2. The Bertz CT molecular complexity index is 714. The summed E-state index contributed by atoms with van der Waals surface area (Å²) in [6, 6.07) is 3.52. The van der Waals surface area contributed by atoms with E-state index in [-0.39, 0.29) is 12.6 Å².